The largest absolute Gasteiger partial charge is 0.472 e. The highest BCUT2D eigenvalue weighted by molar-refractivity contribution is 6.32. The first-order valence-electron chi connectivity index (χ1n) is 8.68. The Kier molecular flexibility index (Phi) is 5.81. The zero-order chi connectivity index (χ0) is 19.4. The number of benzene rings is 2. The number of esters is 1. The van der Waals surface area contributed by atoms with E-state index in [9.17, 15) is 9.59 Å². The van der Waals surface area contributed by atoms with E-state index in [4.69, 9.17) is 25.5 Å². The first kappa shape index (κ1) is 19.0. The number of hydrogen-bond acceptors (Lipinski definition) is 5. The maximum atomic E-state index is 12.4. The first-order chi connectivity index (χ1) is 13.0. The molecule has 1 atom stereocenters. The molecule has 0 aliphatic heterocycles. The van der Waals surface area contributed by atoms with Gasteiger partial charge >= 0.3 is 11.6 Å². The van der Waals surface area contributed by atoms with E-state index in [2.05, 4.69) is 0 Å². The highest BCUT2D eigenvalue weighted by Gasteiger charge is 2.25. The zero-order valence-corrected chi connectivity index (χ0v) is 15.8. The second-order valence-electron chi connectivity index (χ2n) is 5.88. The molecule has 0 fully saturated rings. The van der Waals surface area contributed by atoms with Crippen molar-refractivity contribution in [2.75, 3.05) is 6.61 Å². The predicted molar refractivity (Wildman–Crippen MR) is 103 cm³/mol. The summed E-state index contributed by atoms with van der Waals surface area (Å²) in [5.74, 6) is -0.286. The normalized spacial score (nSPS) is 12.0. The van der Waals surface area contributed by atoms with Crippen LogP contribution in [0.2, 0.25) is 5.02 Å². The number of carbonyl (C=O) groups excluding carboxylic acids is 1. The van der Waals surface area contributed by atoms with Crippen molar-refractivity contribution in [1.82, 2.24) is 0 Å². The number of halogens is 1. The third-order valence-corrected chi connectivity index (χ3v) is 4.41. The van der Waals surface area contributed by atoms with Crippen LogP contribution < -0.4 is 10.4 Å². The van der Waals surface area contributed by atoms with Crippen molar-refractivity contribution < 1.29 is 18.7 Å². The minimum absolute atomic E-state index is 0.228. The van der Waals surface area contributed by atoms with Crippen LogP contribution in [0.15, 0.2) is 57.7 Å². The summed E-state index contributed by atoms with van der Waals surface area (Å²) in [6, 6.07) is 13.7. The summed E-state index contributed by atoms with van der Waals surface area (Å²) in [5.41, 5.74) is 1.38. The van der Waals surface area contributed by atoms with Gasteiger partial charge in [0, 0.05) is 23.1 Å². The summed E-state index contributed by atoms with van der Waals surface area (Å²) in [4.78, 5) is 24.2. The minimum Gasteiger partial charge on any atom is -0.472 e. The topological polar surface area (TPSA) is 65.7 Å². The van der Waals surface area contributed by atoms with Crippen molar-refractivity contribution in [1.29, 1.82) is 0 Å². The van der Waals surface area contributed by atoms with Gasteiger partial charge in [-0.25, -0.2) is 9.59 Å². The lowest BCUT2D eigenvalue weighted by molar-refractivity contribution is -0.151. The van der Waals surface area contributed by atoms with Gasteiger partial charge < -0.3 is 13.9 Å². The Bertz CT molecular complexity index is 1010. The van der Waals surface area contributed by atoms with E-state index in [1.807, 2.05) is 13.0 Å². The van der Waals surface area contributed by atoms with Crippen molar-refractivity contribution in [3.8, 4) is 5.75 Å². The van der Waals surface area contributed by atoms with Crippen LogP contribution in [-0.2, 0) is 16.0 Å². The fourth-order valence-electron chi connectivity index (χ4n) is 2.84. The second kappa shape index (κ2) is 8.27. The molecule has 0 saturated carbocycles. The van der Waals surface area contributed by atoms with E-state index in [-0.39, 0.29) is 12.4 Å². The number of fused-ring (bicyclic) bond motifs is 1. The summed E-state index contributed by atoms with van der Waals surface area (Å²) in [6.07, 6.45) is -0.323. The number of ether oxygens (including phenoxy) is 2. The molecule has 140 valence electrons. The van der Waals surface area contributed by atoms with Gasteiger partial charge in [-0.2, -0.15) is 0 Å². The lowest BCUT2D eigenvalue weighted by Crippen LogP contribution is -2.21. The van der Waals surface area contributed by atoms with Crippen LogP contribution in [0.4, 0.5) is 0 Å². The summed E-state index contributed by atoms with van der Waals surface area (Å²) in [6.45, 7) is 3.90. The standard InChI is InChI=1S/C21H19ClO5/c1-3-13-10-19(23)26-17-12-18(16(22)11-15(13)17)27-20(21(24)25-4-2)14-8-6-5-7-9-14/h5-12,20H,3-4H2,1-2H3. The summed E-state index contributed by atoms with van der Waals surface area (Å²) < 4.78 is 16.3. The molecule has 0 saturated heterocycles. The van der Waals surface area contributed by atoms with E-state index in [1.54, 1.807) is 37.3 Å². The van der Waals surface area contributed by atoms with Crippen molar-refractivity contribution in [2.24, 2.45) is 0 Å². The lowest BCUT2D eigenvalue weighted by Gasteiger charge is -2.19. The molecule has 1 heterocycles. The quantitative estimate of drug-likeness (QED) is 0.454. The SMILES string of the molecule is CCOC(=O)C(Oc1cc2oc(=O)cc(CC)c2cc1Cl)c1ccccc1. The van der Waals surface area contributed by atoms with Crippen LogP contribution in [-0.4, -0.2) is 12.6 Å². The van der Waals surface area contributed by atoms with Crippen molar-refractivity contribution >= 4 is 28.5 Å². The molecule has 1 aromatic heterocycles. The Morgan fingerprint density at radius 2 is 1.89 bits per heavy atom. The summed E-state index contributed by atoms with van der Waals surface area (Å²) >= 11 is 6.39. The van der Waals surface area contributed by atoms with Crippen LogP contribution in [0.1, 0.15) is 31.1 Å². The van der Waals surface area contributed by atoms with Crippen LogP contribution in [0, 0.1) is 0 Å². The average molecular weight is 387 g/mol. The Morgan fingerprint density at radius 1 is 1.15 bits per heavy atom. The Hall–Kier alpha value is -2.79. The molecule has 0 aliphatic rings. The molecule has 2 aromatic carbocycles. The fourth-order valence-corrected chi connectivity index (χ4v) is 3.04. The number of aryl methyl sites for hydroxylation is 1. The average Bonchev–Trinajstić information content (AvgIpc) is 2.67. The van der Waals surface area contributed by atoms with Gasteiger partial charge in [-0.3, -0.25) is 0 Å². The van der Waals surface area contributed by atoms with E-state index in [0.29, 0.717) is 22.6 Å². The summed E-state index contributed by atoms with van der Waals surface area (Å²) in [7, 11) is 0. The van der Waals surface area contributed by atoms with Crippen LogP contribution in [0.25, 0.3) is 11.0 Å². The predicted octanol–water partition coefficient (Wildman–Crippen LogP) is 4.69. The maximum absolute atomic E-state index is 12.4. The Labute approximate surface area is 161 Å². The molecule has 1 unspecified atom stereocenters. The molecule has 0 amide bonds. The van der Waals surface area contributed by atoms with Crippen LogP contribution in [0.3, 0.4) is 0 Å². The molecular weight excluding hydrogens is 368 g/mol. The Balaban J connectivity index is 2.05. The second-order valence-corrected chi connectivity index (χ2v) is 6.29. The highest BCUT2D eigenvalue weighted by atomic mass is 35.5. The van der Waals surface area contributed by atoms with E-state index in [0.717, 1.165) is 10.9 Å². The maximum Gasteiger partial charge on any atom is 0.352 e. The third kappa shape index (κ3) is 4.14. The molecule has 27 heavy (non-hydrogen) atoms. The molecule has 5 nitrogen and oxygen atoms in total. The van der Waals surface area contributed by atoms with Gasteiger partial charge in [-0.05, 0) is 25.0 Å². The van der Waals surface area contributed by atoms with Crippen molar-refractivity contribution in [3.63, 3.8) is 0 Å². The van der Waals surface area contributed by atoms with Gasteiger partial charge in [-0.15, -0.1) is 0 Å². The molecule has 6 heteroatoms. The van der Waals surface area contributed by atoms with Crippen molar-refractivity contribution in [3.05, 3.63) is 75.1 Å². The van der Waals surface area contributed by atoms with E-state index < -0.39 is 17.7 Å². The highest BCUT2D eigenvalue weighted by Crippen LogP contribution is 2.34. The van der Waals surface area contributed by atoms with E-state index >= 15 is 0 Å². The van der Waals surface area contributed by atoms with Crippen molar-refractivity contribution in [2.45, 2.75) is 26.4 Å². The fraction of sp³-hybridized carbons (Fsp3) is 0.238. The molecule has 0 spiro atoms. The minimum atomic E-state index is -0.984. The Morgan fingerprint density at radius 3 is 2.56 bits per heavy atom. The van der Waals surface area contributed by atoms with Crippen LogP contribution in [0.5, 0.6) is 5.75 Å². The molecule has 0 radical (unpaired) electrons. The van der Waals surface area contributed by atoms with Gasteiger partial charge in [0.2, 0.25) is 6.10 Å². The number of rotatable bonds is 6. The monoisotopic (exact) mass is 386 g/mol. The number of carbonyl (C=O) groups is 1. The lowest BCUT2D eigenvalue weighted by atomic mass is 10.1. The van der Waals surface area contributed by atoms with Crippen LogP contribution >= 0.6 is 11.6 Å². The molecular formula is C21H19ClO5. The van der Waals surface area contributed by atoms with Gasteiger partial charge in [0.15, 0.2) is 0 Å². The third-order valence-electron chi connectivity index (χ3n) is 4.11. The number of hydrogen-bond donors (Lipinski definition) is 0. The summed E-state index contributed by atoms with van der Waals surface area (Å²) in [5, 5.41) is 1.05. The first-order valence-corrected chi connectivity index (χ1v) is 9.05. The van der Waals surface area contributed by atoms with Gasteiger partial charge in [0.25, 0.3) is 0 Å². The zero-order valence-electron chi connectivity index (χ0n) is 15.0. The molecule has 0 aliphatic carbocycles. The molecule has 3 rings (SSSR count). The molecule has 0 N–H and O–H groups in total. The van der Waals surface area contributed by atoms with E-state index in [1.165, 1.54) is 12.1 Å². The van der Waals surface area contributed by atoms with Gasteiger partial charge in [0.1, 0.15) is 11.3 Å². The van der Waals surface area contributed by atoms with Gasteiger partial charge in [-0.1, -0.05) is 48.9 Å². The molecule has 0 bridgehead atoms. The smallest absolute Gasteiger partial charge is 0.352 e. The van der Waals surface area contributed by atoms with Gasteiger partial charge in [0.05, 0.1) is 11.6 Å². The molecule has 3 aromatic rings.